The lowest BCUT2D eigenvalue weighted by molar-refractivity contribution is 0.142. The van der Waals surface area contributed by atoms with Gasteiger partial charge in [-0.05, 0) is 46.9 Å². The second-order valence-electron chi connectivity index (χ2n) is 6.40. The molecule has 2 N–H and O–H groups in total. The maximum atomic E-state index is 14.6. The van der Waals surface area contributed by atoms with Crippen LogP contribution in [0.5, 0.6) is 0 Å². The van der Waals surface area contributed by atoms with Crippen LogP contribution in [0.3, 0.4) is 0 Å². The Labute approximate surface area is 192 Å². The molecule has 1 aliphatic heterocycles. The fraction of sp³-hybridized carbons (Fsp3) is 0.211. The van der Waals surface area contributed by atoms with Crippen LogP contribution in [0.25, 0.3) is 0 Å². The Hall–Kier alpha value is -2.48. The van der Waals surface area contributed by atoms with Crippen LogP contribution >= 0.6 is 34.8 Å². The van der Waals surface area contributed by atoms with Crippen LogP contribution in [0.15, 0.2) is 41.2 Å². The van der Waals surface area contributed by atoms with E-state index in [1.54, 1.807) is 12.1 Å². The fourth-order valence-electron chi connectivity index (χ4n) is 2.75. The van der Waals surface area contributed by atoms with Crippen LogP contribution in [-0.2, 0) is 4.74 Å². The number of halogens is 5. The van der Waals surface area contributed by atoms with Gasteiger partial charge in [-0.15, -0.1) is 0 Å². The molecule has 0 saturated carbocycles. The number of rotatable bonds is 6. The molecule has 2 aromatic rings. The molecule has 1 saturated heterocycles. The van der Waals surface area contributed by atoms with Gasteiger partial charge in [0.2, 0.25) is 5.43 Å². The van der Waals surface area contributed by atoms with E-state index in [4.69, 9.17) is 4.74 Å². The Morgan fingerprint density at radius 3 is 2.48 bits per heavy atom. The van der Waals surface area contributed by atoms with E-state index in [0.29, 0.717) is 0 Å². The number of benzene rings is 1. The summed E-state index contributed by atoms with van der Waals surface area (Å²) in [5.74, 6) is -2.08. The van der Waals surface area contributed by atoms with Crippen LogP contribution in [0, 0.1) is 15.2 Å². The van der Waals surface area contributed by atoms with Gasteiger partial charge in [-0.25, -0.2) is 22.4 Å². The average Bonchev–Trinajstić information content (AvgIpc) is 3.01. The molecule has 3 rings (SSSR count). The van der Waals surface area contributed by atoms with E-state index >= 15 is 0 Å². The van der Waals surface area contributed by atoms with E-state index in [2.05, 4.69) is 22.9 Å². The molecule has 2 aromatic carbocycles. The van der Waals surface area contributed by atoms with E-state index in [1.807, 2.05) is 22.6 Å². The summed E-state index contributed by atoms with van der Waals surface area (Å²) < 4.78 is 59.9. The van der Waals surface area contributed by atoms with Crippen molar-refractivity contribution in [3.63, 3.8) is 0 Å². The van der Waals surface area contributed by atoms with Crippen LogP contribution < -0.4 is 21.0 Å². The molecule has 6 nitrogen and oxygen atoms in total. The van der Waals surface area contributed by atoms with E-state index in [9.17, 15) is 27.2 Å². The van der Waals surface area contributed by atoms with E-state index in [1.165, 1.54) is 12.1 Å². The van der Waals surface area contributed by atoms with Crippen molar-refractivity contribution in [2.75, 3.05) is 23.3 Å². The number of ether oxygens (including phenoxy) is 1. The Bertz CT molecular complexity index is 1070. The minimum atomic E-state index is -2.85. The third-order valence-electron chi connectivity index (χ3n) is 4.24. The smallest absolute Gasteiger partial charge is 0.414 e. The number of thiocarbonyl (C=S) groups is 1. The highest BCUT2D eigenvalue weighted by molar-refractivity contribution is 14.1. The van der Waals surface area contributed by atoms with Crippen molar-refractivity contribution in [1.29, 1.82) is 0 Å². The maximum absolute atomic E-state index is 14.6. The summed E-state index contributed by atoms with van der Waals surface area (Å²) >= 11 is 6.44. The van der Waals surface area contributed by atoms with Gasteiger partial charge in [0.1, 0.15) is 16.8 Å². The van der Waals surface area contributed by atoms with E-state index < -0.39 is 46.4 Å². The minimum Gasteiger partial charge on any atom is -0.442 e. The lowest BCUT2D eigenvalue weighted by atomic mass is 10.2. The number of carbonyl (C=O) groups is 1. The molecule has 0 aliphatic carbocycles. The van der Waals surface area contributed by atoms with Crippen molar-refractivity contribution in [2.45, 2.75) is 12.5 Å². The normalized spacial score (nSPS) is 15.7. The lowest BCUT2D eigenvalue weighted by Crippen LogP contribution is -2.36. The van der Waals surface area contributed by atoms with Gasteiger partial charge in [0.15, 0.2) is 11.6 Å². The molecule has 0 radical (unpaired) electrons. The first-order valence-corrected chi connectivity index (χ1v) is 10.2. The minimum absolute atomic E-state index is 0.0322. The Morgan fingerprint density at radius 2 is 1.84 bits per heavy atom. The molecule has 1 unspecified atom stereocenters. The predicted molar refractivity (Wildman–Crippen MR) is 119 cm³/mol. The Kier molecular flexibility index (Phi) is 7.30. The van der Waals surface area contributed by atoms with Crippen molar-refractivity contribution < 1.29 is 27.1 Å². The standard InChI is InChI=1S/C19H14F4IN3O3S/c20-12-5-10(27-8-11(30-19(27)29)7-25-18(31)17(22)23)6-13(21)16(12)26-14-3-1-9(24)2-4-15(14)28/h1-6,11,17H,7-8H2,(H,25,31)(H,26,28). The van der Waals surface area contributed by atoms with Gasteiger partial charge in [0, 0.05) is 15.7 Å². The van der Waals surface area contributed by atoms with Gasteiger partial charge in [-0.2, -0.15) is 0 Å². The molecular formula is C19H14F4IN3O3S. The maximum Gasteiger partial charge on any atom is 0.414 e. The summed E-state index contributed by atoms with van der Waals surface area (Å²) in [5, 5.41) is 4.72. The molecule has 1 atom stereocenters. The summed E-state index contributed by atoms with van der Waals surface area (Å²) in [6.45, 7) is -0.298. The average molecular weight is 567 g/mol. The zero-order valence-electron chi connectivity index (χ0n) is 15.5. The second-order valence-corrected chi connectivity index (χ2v) is 8.09. The summed E-state index contributed by atoms with van der Waals surface area (Å²) in [4.78, 5) is 24.4. The van der Waals surface area contributed by atoms with Crippen LogP contribution in [0.1, 0.15) is 0 Å². The monoisotopic (exact) mass is 567 g/mol. The molecule has 12 heteroatoms. The number of nitrogens with one attached hydrogen (secondary N) is 2. The van der Waals surface area contributed by atoms with E-state index in [0.717, 1.165) is 20.6 Å². The molecule has 0 bridgehead atoms. The first kappa shape index (κ1) is 23.2. The van der Waals surface area contributed by atoms with Crippen LogP contribution in [0.2, 0.25) is 0 Å². The van der Waals surface area contributed by atoms with Gasteiger partial charge in [0.25, 0.3) is 6.43 Å². The number of cyclic esters (lactones) is 1. The number of hydrogen-bond donors (Lipinski definition) is 2. The number of nitrogens with zero attached hydrogens (tertiary/aromatic N) is 1. The topological polar surface area (TPSA) is 70.7 Å². The SMILES string of the molecule is O=C1OC(CNC(=S)C(F)F)CN1c1cc(F)c(Nc2ccc(I)ccc2=O)c(F)c1. The first-order chi connectivity index (χ1) is 14.7. The number of carbonyl (C=O) groups excluding carboxylic acids is 1. The van der Waals surface area contributed by atoms with Crippen molar-refractivity contribution in [2.24, 2.45) is 0 Å². The van der Waals surface area contributed by atoms with Gasteiger partial charge in [0.05, 0.1) is 24.5 Å². The van der Waals surface area contributed by atoms with Crippen molar-refractivity contribution in [3.05, 3.63) is 61.8 Å². The second kappa shape index (κ2) is 9.77. The third kappa shape index (κ3) is 5.61. The lowest BCUT2D eigenvalue weighted by Gasteiger charge is -2.16. The molecule has 1 aliphatic rings. The summed E-state index contributed by atoms with van der Waals surface area (Å²) in [6, 6.07) is 7.64. The van der Waals surface area contributed by atoms with Crippen molar-refractivity contribution in [3.8, 4) is 0 Å². The third-order valence-corrected chi connectivity index (χ3v) is 5.28. The number of alkyl halides is 2. The van der Waals surface area contributed by atoms with Crippen molar-refractivity contribution >= 4 is 63.0 Å². The van der Waals surface area contributed by atoms with Gasteiger partial charge >= 0.3 is 6.09 Å². The number of hydrogen-bond acceptors (Lipinski definition) is 5. The molecule has 0 aromatic heterocycles. The molecule has 0 spiro atoms. The van der Waals surface area contributed by atoms with Crippen LogP contribution in [0.4, 0.5) is 39.4 Å². The molecule has 31 heavy (non-hydrogen) atoms. The Morgan fingerprint density at radius 1 is 1.19 bits per heavy atom. The fourth-order valence-corrected chi connectivity index (χ4v) is 3.19. The van der Waals surface area contributed by atoms with Gasteiger partial charge in [-0.1, -0.05) is 12.2 Å². The summed E-state index contributed by atoms with van der Waals surface area (Å²) in [5.41, 5.74) is -1.18. The van der Waals surface area contributed by atoms with E-state index in [-0.39, 0.29) is 24.5 Å². The highest BCUT2D eigenvalue weighted by Gasteiger charge is 2.33. The number of amides is 1. The summed E-state index contributed by atoms with van der Waals surface area (Å²) in [6.07, 6.45) is -4.58. The molecule has 1 amide bonds. The summed E-state index contributed by atoms with van der Waals surface area (Å²) in [7, 11) is 0. The molecule has 1 fully saturated rings. The first-order valence-electron chi connectivity index (χ1n) is 8.75. The molecule has 164 valence electrons. The zero-order chi connectivity index (χ0) is 22.7. The number of anilines is 3. The van der Waals surface area contributed by atoms with Gasteiger partial charge in [-0.3, -0.25) is 9.69 Å². The largest absolute Gasteiger partial charge is 0.442 e. The van der Waals surface area contributed by atoms with Gasteiger partial charge < -0.3 is 15.4 Å². The highest BCUT2D eigenvalue weighted by atomic mass is 127. The highest BCUT2D eigenvalue weighted by Crippen LogP contribution is 2.30. The molecule has 1 heterocycles. The predicted octanol–water partition coefficient (Wildman–Crippen LogP) is 4.18. The Balaban J connectivity index is 1.78. The zero-order valence-corrected chi connectivity index (χ0v) is 18.5. The van der Waals surface area contributed by atoms with Crippen LogP contribution in [-0.4, -0.2) is 36.7 Å². The quantitative estimate of drug-likeness (QED) is 0.310. The molecular weight excluding hydrogens is 553 g/mol. The van der Waals surface area contributed by atoms with Crippen molar-refractivity contribution in [1.82, 2.24) is 5.32 Å².